The number of benzene rings is 1. The molecule has 0 spiro atoms. The first kappa shape index (κ1) is 24.1. The molecule has 174 valence electrons. The van der Waals surface area contributed by atoms with Crippen LogP contribution in [0.4, 0.5) is 5.69 Å². The molecule has 0 radical (unpaired) electrons. The van der Waals surface area contributed by atoms with E-state index in [1.54, 1.807) is 12.1 Å². The molecule has 0 aliphatic carbocycles. The highest BCUT2D eigenvalue weighted by Crippen LogP contribution is 2.22. The summed E-state index contributed by atoms with van der Waals surface area (Å²) in [6, 6.07) is 5.82. The molecule has 1 atom stereocenters. The fraction of sp³-hybridized carbons (Fsp3) is 0.650. The molecule has 1 amide bonds. The summed E-state index contributed by atoms with van der Waals surface area (Å²) in [5.41, 5.74) is 0.545. The van der Waals surface area contributed by atoms with E-state index in [1.807, 2.05) is 11.8 Å². The molecule has 9 nitrogen and oxygen atoms in total. The first-order valence-electron chi connectivity index (χ1n) is 10.7. The zero-order valence-corrected chi connectivity index (χ0v) is 19.7. The van der Waals surface area contributed by atoms with E-state index in [9.17, 15) is 21.6 Å². The van der Waals surface area contributed by atoms with Crippen molar-refractivity contribution in [2.24, 2.45) is 0 Å². The van der Waals surface area contributed by atoms with Crippen LogP contribution in [0.3, 0.4) is 0 Å². The van der Waals surface area contributed by atoms with Crippen LogP contribution in [0.5, 0.6) is 0 Å². The van der Waals surface area contributed by atoms with E-state index in [0.717, 1.165) is 25.5 Å². The predicted molar refractivity (Wildman–Crippen MR) is 120 cm³/mol. The fourth-order valence-corrected chi connectivity index (χ4v) is 6.44. The van der Waals surface area contributed by atoms with Crippen molar-refractivity contribution < 1.29 is 21.6 Å². The van der Waals surface area contributed by atoms with E-state index < -0.39 is 20.0 Å². The number of hydrogen-bond donors (Lipinski definition) is 2. The van der Waals surface area contributed by atoms with Crippen molar-refractivity contribution in [1.29, 1.82) is 0 Å². The van der Waals surface area contributed by atoms with Crippen molar-refractivity contribution in [3.05, 3.63) is 24.3 Å². The summed E-state index contributed by atoms with van der Waals surface area (Å²) in [5, 5.41) is 2.85. The molecule has 1 aromatic carbocycles. The van der Waals surface area contributed by atoms with Crippen molar-refractivity contribution in [3.8, 4) is 0 Å². The normalized spacial score (nSPS) is 21.0. The number of anilines is 1. The SMILES string of the molecule is C[C@H](C(=O)Nc1ccc(S(=O)(=O)N2CCCCC2)cc1)N1CCC(NS(C)(=O)=O)CC1. The second-order valence-electron chi connectivity index (χ2n) is 8.35. The standard InChI is InChI=1S/C20H32N4O5S2/c1-16(23-14-10-18(11-15-23)22-30(2,26)27)20(25)21-17-6-8-19(9-7-17)31(28,29)24-12-4-3-5-13-24/h6-9,16,18,22H,3-5,10-15H2,1-2H3,(H,21,25)/t16-/m1/s1. The highest BCUT2D eigenvalue weighted by Gasteiger charge is 2.28. The molecule has 2 heterocycles. The van der Waals surface area contributed by atoms with E-state index >= 15 is 0 Å². The van der Waals surface area contributed by atoms with Crippen molar-refractivity contribution in [1.82, 2.24) is 13.9 Å². The van der Waals surface area contributed by atoms with Gasteiger partial charge in [-0.1, -0.05) is 6.42 Å². The third-order valence-electron chi connectivity index (χ3n) is 5.91. The van der Waals surface area contributed by atoms with Gasteiger partial charge in [0.25, 0.3) is 0 Å². The van der Waals surface area contributed by atoms with Crippen LogP contribution in [0.1, 0.15) is 39.0 Å². The Labute approximate surface area is 185 Å². The maximum atomic E-state index is 12.7. The summed E-state index contributed by atoms with van der Waals surface area (Å²) in [7, 11) is -6.73. The van der Waals surface area contributed by atoms with Crippen LogP contribution in [-0.2, 0) is 24.8 Å². The molecular weight excluding hydrogens is 440 g/mol. The number of carbonyl (C=O) groups is 1. The van der Waals surface area contributed by atoms with Crippen LogP contribution < -0.4 is 10.0 Å². The van der Waals surface area contributed by atoms with E-state index in [4.69, 9.17) is 0 Å². The summed E-state index contributed by atoms with van der Waals surface area (Å²) in [6.45, 7) is 4.15. The number of sulfonamides is 2. The van der Waals surface area contributed by atoms with Crippen LogP contribution >= 0.6 is 0 Å². The maximum absolute atomic E-state index is 12.7. The largest absolute Gasteiger partial charge is 0.325 e. The van der Waals surface area contributed by atoms with Crippen LogP contribution in [-0.4, -0.2) is 76.5 Å². The lowest BCUT2D eigenvalue weighted by Crippen LogP contribution is -2.50. The van der Waals surface area contributed by atoms with Gasteiger partial charge in [0.2, 0.25) is 26.0 Å². The summed E-state index contributed by atoms with van der Waals surface area (Å²) in [5.74, 6) is -0.179. The van der Waals surface area contributed by atoms with Gasteiger partial charge in [0, 0.05) is 37.9 Å². The fourth-order valence-electron chi connectivity index (χ4n) is 4.08. The Hall–Kier alpha value is -1.53. The Balaban J connectivity index is 1.54. The monoisotopic (exact) mass is 472 g/mol. The van der Waals surface area contributed by atoms with Gasteiger partial charge in [0.15, 0.2) is 0 Å². The number of carbonyl (C=O) groups excluding carboxylic acids is 1. The van der Waals surface area contributed by atoms with Crippen LogP contribution in [0.15, 0.2) is 29.2 Å². The third kappa shape index (κ3) is 6.48. The molecule has 2 N–H and O–H groups in total. The number of rotatable bonds is 7. The zero-order valence-electron chi connectivity index (χ0n) is 18.1. The average molecular weight is 473 g/mol. The quantitative estimate of drug-likeness (QED) is 0.616. The molecule has 2 aliphatic heterocycles. The lowest BCUT2D eigenvalue weighted by Gasteiger charge is -2.35. The molecule has 0 bridgehead atoms. The van der Waals surface area contributed by atoms with E-state index in [0.29, 0.717) is 44.7 Å². The number of nitrogens with zero attached hydrogens (tertiary/aromatic N) is 2. The molecule has 0 saturated carbocycles. The summed E-state index contributed by atoms with van der Waals surface area (Å²) in [4.78, 5) is 14.9. The van der Waals surface area contributed by atoms with Gasteiger partial charge in [0.05, 0.1) is 17.2 Å². The first-order valence-corrected chi connectivity index (χ1v) is 14.0. The van der Waals surface area contributed by atoms with Gasteiger partial charge in [-0.05, 0) is 56.9 Å². The highest BCUT2D eigenvalue weighted by atomic mass is 32.2. The Morgan fingerprint density at radius 1 is 0.968 bits per heavy atom. The van der Waals surface area contributed by atoms with Crippen molar-refractivity contribution in [2.45, 2.75) is 56.0 Å². The minimum absolute atomic E-state index is 0.101. The van der Waals surface area contributed by atoms with Gasteiger partial charge in [-0.15, -0.1) is 0 Å². The highest BCUT2D eigenvalue weighted by molar-refractivity contribution is 7.89. The van der Waals surface area contributed by atoms with Crippen molar-refractivity contribution in [3.63, 3.8) is 0 Å². The van der Waals surface area contributed by atoms with Crippen molar-refractivity contribution >= 4 is 31.6 Å². The smallest absolute Gasteiger partial charge is 0.243 e. The number of amides is 1. The minimum Gasteiger partial charge on any atom is -0.325 e. The molecule has 2 aliphatic rings. The molecule has 31 heavy (non-hydrogen) atoms. The zero-order chi connectivity index (χ0) is 22.6. The van der Waals surface area contributed by atoms with Crippen LogP contribution in [0, 0.1) is 0 Å². The second-order valence-corrected chi connectivity index (χ2v) is 12.1. The second kappa shape index (κ2) is 9.95. The van der Waals surface area contributed by atoms with E-state index in [2.05, 4.69) is 10.0 Å². The number of hydrogen-bond acceptors (Lipinski definition) is 6. The molecule has 0 aromatic heterocycles. The Bertz CT molecular complexity index is 965. The number of likely N-dealkylation sites (tertiary alicyclic amines) is 1. The molecule has 0 unspecified atom stereocenters. The molecular formula is C20H32N4O5S2. The van der Waals surface area contributed by atoms with Gasteiger partial charge in [-0.3, -0.25) is 9.69 Å². The van der Waals surface area contributed by atoms with Crippen LogP contribution in [0.2, 0.25) is 0 Å². The third-order valence-corrected chi connectivity index (χ3v) is 8.59. The van der Waals surface area contributed by atoms with Gasteiger partial charge in [-0.2, -0.15) is 4.31 Å². The Kier molecular flexibility index (Phi) is 7.74. The molecule has 11 heteroatoms. The summed E-state index contributed by atoms with van der Waals surface area (Å²) < 4.78 is 52.4. The summed E-state index contributed by atoms with van der Waals surface area (Å²) in [6.07, 6.45) is 5.26. The first-order chi connectivity index (χ1) is 14.6. The molecule has 3 rings (SSSR count). The molecule has 2 fully saturated rings. The summed E-state index contributed by atoms with van der Waals surface area (Å²) >= 11 is 0. The van der Waals surface area contributed by atoms with Gasteiger partial charge >= 0.3 is 0 Å². The lowest BCUT2D eigenvalue weighted by molar-refractivity contribution is -0.121. The van der Waals surface area contributed by atoms with Crippen LogP contribution in [0.25, 0.3) is 0 Å². The van der Waals surface area contributed by atoms with Crippen molar-refractivity contribution in [2.75, 3.05) is 37.8 Å². The minimum atomic E-state index is -3.50. The maximum Gasteiger partial charge on any atom is 0.243 e. The lowest BCUT2D eigenvalue weighted by atomic mass is 10.0. The topological polar surface area (TPSA) is 116 Å². The Morgan fingerprint density at radius 3 is 2.10 bits per heavy atom. The molecule has 2 saturated heterocycles. The number of nitrogens with one attached hydrogen (secondary N) is 2. The van der Waals surface area contributed by atoms with E-state index in [1.165, 1.54) is 16.4 Å². The average Bonchev–Trinajstić information content (AvgIpc) is 2.73. The molecule has 1 aromatic rings. The predicted octanol–water partition coefficient (Wildman–Crippen LogP) is 1.20. The van der Waals surface area contributed by atoms with Gasteiger partial charge < -0.3 is 5.32 Å². The Morgan fingerprint density at radius 2 is 1.55 bits per heavy atom. The van der Waals surface area contributed by atoms with Gasteiger partial charge in [0.1, 0.15) is 0 Å². The van der Waals surface area contributed by atoms with Gasteiger partial charge in [-0.25, -0.2) is 21.6 Å². The number of piperidine rings is 2. The van der Waals surface area contributed by atoms with E-state index in [-0.39, 0.29) is 22.9 Å².